The summed E-state index contributed by atoms with van der Waals surface area (Å²) in [5, 5.41) is 3.26. The van der Waals surface area contributed by atoms with E-state index in [0.29, 0.717) is 12.2 Å². The molecule has 2 atom stereocenters. The van der Waals surface area contributed by atoms with Crippen molar-refractivity contribution >= 4 is 26.5 Å². The van der Waals surface area contributed by atoms with Crippen LogP contribution in [-0.4, -0.2) is 41.6 Å². The lowest BCUT2D eigenvalue weighted by Gasteiger charge is -2.24. The Kier molecular flexibility index (Phi) is 8.89. The van der Waals surface area contributed by atoms with Gasteiger partial charge in [0.2, 0.25) is 0 Å². The average Bonchev–Trinajstić information content (AvgIpc) is 3.74. The molecule has 0 spiro atoms. The van der Waals surface area contributed by atoms with Crippen molar-refractivity contribution < 1.29 is 9.47 Å². The summed E-state index contributed by atoms with van der Waals surface area (Å²) >= 11 is 0. The fourth-order valence-corrected chi connectivity index (χ4v) is 10.4. The van der Waals surface area contributed by atoms with Crippen molar-refractivity contribution in [3.63, 3.8) is 0 Å². The number of hydrogen-bond acceptors (Lipinski definition) is 2. The summed E-state index contributed by atoms with van der Waals surface area (Å²) in [4.78, 5) is 0. The molecule has 2 aromatic rings. The Morgan fingerprint density at radius 1 is 0.618 bits per heavy atom. The minimum Gasteiger partial charge on any atom is -0.373 e. The van der Waals surface area contributed by atoms with E-state index in [1.807, 2.05) is 0 Å². The molecule has 0 radical (unpaired) electrons. The van der Waals surface area contributed by atoms with E-state index in [9.17, 15) is 0 Å². The lowest BCUT2D eigenvalue weighted by Crippen LogP contribution is -2.41. The standard InChI is InChI=1S/C30H46O2Si2/c1-33(2,29-15-11-13-25(21-29)19-27-23-31-27)17-9-7-5-6-8-10-18-34(3,4)30-16-12-14-26(22-30)20-28-24-32-28/h11-16,21-22,27-28H,5-10,17-20,23-24H2,1-4H3. The molecular weight excluding hydrogens is 449 g/mol. The van der Waals surface area contributed by atoms with E-state index in [1.165, 1.54) is 61.7 Å². The van der Waals surface area contributed by atoms with Gasteiger partial charge in [-0.25, -0.2) is 0 Å². The monoisotopic (exact) mass is 494 g/mol. The summed E-state index contributed by atoms with van der Waals surface area (Å²) in [7, 11) is -2.67. The third-order valence-electron chi connectivity index (χ3n) is 8.00. The van der Waals surface area contributed by atoms with E-state index >= 15 is 0 Å². The Labute approximate surface area is 210 Å². The van der Waals surface area contributed by atoms with E-state index in [4.69, 9.17) is 9.47 Å². The lowest BCUT2D eigenvalue weighted by molar-refractivity contribution is 0.407. The molecule has 2 aliphatic rings. The molecule has 4 heteroatoms. The zero-order valence-electron chi connectivity index (χ0n) is 22.1. The van der Waals surface area contributed by atoms with Crippen LogP contribution in [0.2, 0.25) is 38.3 Å². The van der Waals surface area contributed by atoms with Gasteiger partial charge in [-0.15, -0.1) is 0 Å². The van der Waals surface area contributed by atoms with Gasteiger partial charge in [0.25, 0.3) is 0 Å². The van der Waals surface area contributed by atoms with Gasteiger partial charge in [-0.2, -0.15) is 0 Å². The maximum atomic E-state index is 5.43. The highest BCUT2D eigenvalue weighted by Gasteiger charge is 2.27. The molecule has 0 aliphatic carbocycles. The van der Waals surface area contributed by atoms with Gasteiger partial charge in [-0.05, 0) is 11.1 Å². The van der Waals surface area contributed by atoms with Crippen molar-refractivity contribution in [3.05, 3.63) is 59.7 Å². The second-order valence-electron chi connectivity index (χ2n) is 12.1. The molecule has 0 saturated carbocycles. The quantitative estimate of drug-likeness (QED) is 0.162. The van der Waals surface area contributed by atoms with Crippen LogP contribution in [0.25, 0.3) is 0 Å². The summed E-state index contributed by atoms with van der Waals surface area (Å²) in [5.74, 6) is 0. The number of ether oxygens (including phenoxy) is 2. The number of hydrogen-bond donors (Lipinski definition) is 0. The highest BCUT2D eigenvalue weighted by atomic mass is 28.3. The zero-order chi connectivity index (χ0) is 24.0. The van der Waals surface area contributed by atoms with Crippen LogP contribution in [0.5, 0.6) is 0 Å². The maximum absolute atomic E-state index is 5.43. The number of benzene rings is 2. The molecule has 2 unspecified atom stereocenters. The Bertz CT molecular complexity index is 840. The van der Waals surface area contributed by atoms with Crippen LogP contribution >= 0.6 is 0 Å². The molecule has 0 N–H and O–H groups in total. The first kappa shape index (κ1) is 25.9. The Morgan fingerprint density at radius 2 is 1.00 bits per heavy atom. The Morgan fingerprint density at radius 3 is 1.38 bits per heavy atom. The van der Waals surface area contributed by atoms with E-state index < -0.39 is 16.1 Å². The summed E-state index contributed by atoms with van der Waals surface area (Å²) in [5.41, 5.74) is 2.94. The summed E-state index contributed by atoms with van der Waals surface area (Å²) in [6, 6.07) is 21.6. The Hall–Kier alpha value is -1.21. The molecule has 2 aromatic carbocycles. The SMILES string of the molecule is C[Si](C)(CCCCCCCC[Si](C)(C)c1cccc(CC2CO2)c1)c1cccc(CC2CO2)c1. The normalized spacial score (nSPS) is 19.9. The van der Waals surface area contributed by atoms with Crippen molar-refractivity contribution in [3.8, 4) is 0 Å². The first-order valence-electron chi connectivity index (χ1n) is 13.7. The van der Waals surface area contributed by atoms with Gasteiger partial charge in [0.15, 0.2) is 0 Å². The molecule has 34 heavy (non-hydrogen) atoms. The van der Waals surface area contributed by atoms with Gasteiger partial charge in [0.05, 0.1) is 41.6 Å². The van der Waals surface area contributed by atoms with Crippen LogP contribution in [-0.2, 0) is 22.3 Å². The number of epoxide rings is 2. The first-order valence-corrected chi connectivity index (χ1v) is 20.2. The second-order valence-corrected chi connectivity index (χ2v) is 21.8. The van der Waals surface area contributed by atoms with Crippen LogP contribution in [0.15, 0.2) is 48.5 Å². The smallest absolute Gasteiger partial charge is 0.0850 e. The van der Waals surface area contributed by atoms with Gasteiger partial charge in [-0.1, -0.05) is 136 Å². The van der Waals surface area contributed by atoms with Gasteiger partial charge in [0.1, 0.15) is 0 Å². The molecule has 2 fully saturated rings. The molecule has 2 nitrogen and oxygen atoms in total. The lowest BCUT2D eigenvalue weighted by atomic mass is 10.1. The van der Waals surface area contributed by atoms with Crippen LogP contribution in [0.3, 0.4) is 0 Å². The van der Waals surface area contributed by atoms with Gasteiger partial charge < -0.3 is 9.47 Å². The minimum atomic E-state index is -1.33. The van der Waals surface area contributed by atoms with Crippen molar-refractivity contribution in [2.45, 2.75) is 102 Å². The van der Waals surface area contributed by atoms with Crippen LogP contribution in [0, 0.1) is 0 Å². The fourth-order valence-electron chi connectivity index (χ4n) is 5.27. The molecule has 186 valence electrons. The molecule has 0 amide bonds. The summed E-state index contributed by atoms with van der Waals surface area (Å²) < 4.78 is 10.9. The highest BCUT2D eigenvalue weighted by Crippen LogP contribution is 2.22. The predicted octanol–water partition coefficient (Wildman–Crippen LogP) is 6.44. The van der Waals surface area contributed by atoms with Crippen molar-refractivity contribution in [1.82, 2.24) is 0 Å². The van der Waals surface area contributed by atoms with Gasteiger partial charge in [0, 0.05) is 12.8 Å². The third kappa shape index (κ3) is 8.18. The largest absolute Gasteiger partial charge is 0.373 e. The van der Waals surface area contributed by atoms with Crippen molar-refractivity contribution in [2.75, 3.05) is 13.2 Å². The van der Waals surface area contributed by atoms with E-state index in [1.54, 1.807) is 10.4 Å². The average molecular weight is 495 g/mol. The third-order valence-corrected chi connectivity index (χ3v) is 15.0. The molecular formula is C30H46O2Si2. The Balaban J connectivity index is 1.11. The predicted molar refractivity (Wildman–Crippen MR) is 151 cm³/mol. The fraction of sp³-hybridized carbons (Fsp3) is 0.600. The molecule has 0 aromatic heterocycles. The highest BCUT2D eigenvalue weighted by molar-refractivity contribution is 6.90. The summed E-state index contributed by atoms with van der Waals surface area (Å²) in [6.45, 7) is 12.1. The second kappa shape index (κ2) is 11.7. The molecule has 2 saturated heterocycles. The zero-order valence-corrected chi connectivity index (χ0v) is 24.1. The topological polar surface area (TPSA) is 25.1 Å². The molecule has 4 rings (SSSR count). The van der Waals surface area contributed by atoms with Crippen molar-refractivity contribution in [2.24, 2.45) is 0 Å². The van der Waals surface area contributed by atoms with Crippen LogP contribution < -0.4 is 10.4 Å². The first-order chi connectivity index (χ1) is 16.3. The maximum Gasteiger partial charge on any atom is 0.0850 e. The van der Waals surface area contributed by atoms with Gasteiger partial charge in [-0.3, -0.25) is 0 Å². The summed E-state index contributed by atoms with van der Waals surface area (Å²) in [6.07, 6.45) is 11.6. The minimum absolute atomic E-state index is 0.487. The number of rotatable bonds is 15. The molecule has 2 heterocycles. The molecule has 2 aliphatic heterocycles. The molecule has 0 bridgehead atoms. The number of unbranched alkanes of at least 4 members (excludes halogenated alkanes) is 5. The van der Waals surface area contributed by atoms with E-state index in [2.05, 4.69) is 74.7 Å². The van der Waals surface area contributed by atoms with Crippen LogP contribution in [0.4, 0.5) is 0 Å². The van der Waals surface area contributed by atoms with E-state index in [0.717, 1.165) is 26.1 Å². The van der Waals surface area contributed by atoms with Gasteiger partial charge >= 0.3 is 0 Å². The van der Waals surface area contributed by atoms with E-state index in [-0.39, 0.29) is 0 Å². The van der Waals surface area contributed by atoms with Crippen molar-refractivity contribution in [1.29, 1.82) is 0 Å². The van der Waals surface area contributed by atoms with Crippen LogP contribution in [0.1, 0.15) is 49.7 Å².